The van der Waals surface area contributed by atoms with Crippen molar-refractivity contribution >= 4 is 11.9 Å². The highest BCUT2D eigenvalue weighted by molar-refractivity contribution is 5.62. The van der Waals surface area contributed by atoms with E-state index in [1.807, 2.05) is 60.6 Å². The van der Waals surface area contributed by atoms with E-state index in [4.69, 9.17) is 0 Å². The third-order valence-corrected chi connectivity index (χ3v) is 1.52. The first-order valence-electron chi connectivity index (χ1n) is 6.75. The van der Waals surface area contributed by atoms with Crippen molar-refractivity contribution in [3.63, 3.8) is 0 Å². The van der Waals surface area contributed by atoms with E-state index < -0.39 is 0 Å². The number of hydrogen-bond donors (Lipinski definition) is 1. The molecule has 0 aliphatic rings. The number of aromatic nitrogens is 1. The van der Waals surface area contributed by atoms with E-state index in [9.17, 15) is 0 Å². The van der Waals surface area contributed by atoms with Gasteiger partial charge in [-0.2, -0.15) is 0 Å². The standard InChI is InChI=1S/C10H12N2.3C2H6/c1-4-9-7-6-8(3)12-10(9)11-5-2;3*1-2/h4-7H,1-2H2,3H3,(H,11,12);3*1-2H3. The molecule has 0 aliphatic carbocycles. The van der Waals surface area contributed by atoms with Crippen LogP contribution in [0.2, 0.25) is 0 Å². The summed E-state index contributed by atoms with van der Waals surface area (Å²) >= 11 is 0. The number of aryl methyl sites for hydroxylation is 1. The fraction of sp³-hybridized carbons (Fsp3) is 0.438. The van der Waals surface area contributed by atoms with Crippen LogP contribution in [-0.4, -0.2) is 4.98 Å². The number of pyridine rings is 1. The quantitative estimate of drug-likeness (QED) is 0.748. The molecule has 18 heavy (non-hydrogen) atoms. The molecule has 0 aliphatic heterocycles. The molecule has 0 fully saturated rings. The van der Waals surface area contributed by atoms with Crippen LogP contribution in [0.4, 0.5) is 5.82 Å². The van der Waals surface area contributed by atoms with Crippen molar-refractivity contribution < 1.29 is 0 Å². The van der Waals surface area contributed by atoms with Gasteiger partial charge in [-0.3, -0.25) is 0 Å². The number of rotatable bonds is 3. The Hall–Kier alpha value is -1.57. The molecule has 0 unspecified atom stereocenters. The number of hydrogen-bond acceptors (Lipinski definition) is 2. The third kappa shape index (κ3) is 9.64. The summed E-state index contributed by atoms with van der Waals surface area (Å²) in [6.45, 7) is 21.2. The Morgan fingerprint density at radius 1 is 1.00 bits per heavy atom. The van der Waals surface area contributed by atoms with Crippen molar-refractivity contribution in [1.29, 1.82) is 0 Å². The van der Waals surface area contributed by atoms with Crippen molar-refractivity contribution in [3.05, 3.63) is 42.7 Å². The highest BCUT2D eigenvalue weighted by Gasteiger charge is 1.97. The molecule has 0 radical (unpaired) electrons. The Labute approximate surface area is 114 Å². The molecule has 1 aromatic rings. The largest absolute Gasteiger partial charge is 0.347 e. The van der Waals surface area contributed by atoms with Crippen molar-refractivity contribution in [2.24, 2.45) is 0 Å². The van der Waals surface area contributed by atoms with Crippen LogP contribution in [0.15, 0.2) is 31.5 Å². The predicted octanol–water partition coefficient (Wildman–Crippen LogP) is 5.67. The minimum atomic E-state index is 0.806. The molecule has 1 N–H and O–H groups in total. The zero-order chi connectivity index (χ0) is 15.0. The molecule has 104 valence electrons. The van der Waals surface area contributed by atoms with Gasteiger partial charge in [0.05, 0.1) is 0 Å². The molecular weight excluding hydrogens is 220 g/mol. The van der Waals surface area contributed by atoms with Crippen molar-refractivity contribution in [2.45, 2.75) is 48.5 Å². The maximum Gasteiger partial charge on any atom is 0.137 e. The summed E-state index contributed by atoms with van der Waals surface area (Å²) in [6, 6.07) is 3.92. The minimum Gasteiger partial charge on any atom is -0.347 e. The monoisotopic (exact) mass is 250 g/mol. The van der Waals surface area contributed by atoms with E-state index in [0.29, 0.717) is 0 Å². The van der Waals surface area contributed by atoms with Crippen LogP contribution in [0.3, 0.4) is 0 Å². The van der Waals surface area contributed by atoms with Crippen LogP contribution in [0.25, 0.3) is 6.08 Å². The molecule has 0 bridgehead atoms. The lowest BCUT2D eigenvalue weighted by molar-refractivity contribution is 1.19. The molecule has 2 heteroatoms. The normalized spacial score (nSPS) is 7.06. The second-order valence-electron chi connectivity index (χ2n) is 2.44. The molecule has 1 rings (SSSR count). The molecule has 2 nitrogen and oxygen atoms in total. The average Bonchev–Trinajstić information content (AvgIpc) is 2.46. The van der Waals surface area contributed by atoms with E-state index >= 15 is 0 Å². The molecule has 0 saturated heterocycles. The average molecular weight is 250 g/mol. The van der Waals surface area contributed by atoms with E-state index in [0.717, 1.165) is 17.1 Å². The smallest absolute Gasteiger partial charge is 0.137 e. The lowest BCUT2D eigenvalue weighted by Gasteiger charge is -2.04. The maximum absolute atomic E-state index is 4.28. The molecule has 0 saturated carbocycles. The van der Waals surface area contributed by atoms with E-state index in [2.05, 4.69) is 23.5 Å². The van der Waals surface area contributed by atoms with Gasteiger partial charge in [-0.15, -0.1) is 0 Å². The SMILES string of the molecule is C=CNc1nc(C)ccc1C=C.CC.CC.CC. The summed E-state index contributed by atoms with van der Waals surface area (Å²) < 4.78 is 0. The van der Waals surface area contributed by atoms with Gasteiger partial charge in [0.15, 0.2) is 0 Å². The van der Waals surface area contributed by atoms with Gasteiger partial charge >= 0.3 is 0 Å². The van der Waals surface area contributed by atoms with Gasteiger partial charge in [0, 0.05) is 11.3 Å². The van der Waals surface area contributed by atoms with Crippen LogP contribution in [0.5, 0.6) is 0 Å². The van der Waals surface area contributed by atoms with Crippen molar-refractivity contribution in [3.8, 4) is 0 Å². The summed E-state index contributed by atoms with van der Waals surface area (Å²) in [7, 11) is 0. The van der Waals surface area contributed by atoms with Gasteiger partial charge in [0.25, 0.3) is 0 Å². The first-order valence-corrected chi connectivity index (χ1v) is 6.75. The second-order valence-corrected chi connectivity index (χ2v) is 2.44. The summed E-state index contributed by atoms with van der Waals surface area (Å²) in [5.74, 6) is 0.806. The zero-order valence-electron chi connectivity index (χ0n) is 13.2. The highest BCUT2D eigenvalue weighted by Crippen LogP contribution is 2.13. The number of nitrogens with zero attached hydrogens (tertiary/aromatic N) is 1. The summed E-state index contributed by atoms with van der Waals surface area (Å²) in [6.07, 6.45) is 3.37. The lowest BCUT2D eigenvalue weighted by Crippen LogP contribution is -1.95. The predicted molar refractivity (Wildman–Crippen MR) is 86.9 cm³/mol. The molecule has 0 aromatic carbocycles. The number of anilines is 1. The number of nitrogens with one attached hydrogen (secondary N) is 1. The minimum absolute atomic E-state index is 0.806. The van der Waals surface area contributed by atoms with Crippen LogP contribution in [0, 0.1) is 6.92 Å². The second kappa shape index (κ2) is 17.8. The van der Waals surface area contributed by atoms with Gasteiger partial charge in [-0.1, -0.05) is 60.8 Å². The van der Waals surface area contributed by atoms with E-state index in [1.54, 1.807) is 12.3 Å². The maximum atomic E-state index is 4.28. The fourth-order valence-electron chi connectivity index (χ4n) is 0.944. The van der Waals surface area contributed by atoms with Crippen molar-refractivity contribution in [2.75, 3.05) is 5.32 Å². The van der Waals surface area contributed by atoms with E-state index in [1.165, 1.54) is 0 Å². The Balaban J connectivity index is -0.000000328. The van der Waals surface area contributed by atoms with Crippen LogP contribution >= 0.6 is 0 Å². The first-order chi connectivity index (χ1) is 8.77. The van der Waals surface area contributed by atoms with Crippen LogP contribution < -0.4 is 5.32 Å². The Morgan fingerprint density at radius 2 is 1.50 bits per heavy atom. The molecule has 0 atom stereocenters. The molecule has 1 heterocycles. The van der Waals surface area contributed by atoms with Gasteiger partial charge in [0.1, 0.15) is 5.82 Å². The van der Waals surface area contributed by atoms with Gasteiger partial charge in [0.2, 0.25) is 0 Å². The molecule has 0 spiro atoms. The van der Waals surface area contributed by atoms with Crippen LogP contribution in [-0.2, 0) is 0 Å². The first kappa shape index (κ1) is 21.7. The summed E-state index contributed by atoms with van der Waals surface area (Å²) in [5, 5.41) is 2.95. The van der Waals surface area contributed by atoms with Gasteiger partial charge in [-0.05, 0) is 25.3 Å². The Bertz CT molecular complexity index is 304. The molecule has 0 amide bonds. The van der Waals surface area contributed by atoms with Crippen LogP contribution in [0.1, 0.15) is 52.8 Å². The van der Waals surface area contributed by atoms with Crippen molar-refractivity contribution in [1.82, 2.24) is 4.98 Å². The lowest BCUT2D eigenvalue weighted by atomic mass is 10.2. The summed E-state index contributed by atoms with van der Waals surface area (Å²) in [5.41, 5.74) is 1.96. The molecule has 1 aromatic heterocycles. The topological polar surface area (TPSA) is 24.9 Å². The Morgan fingerprint density at radius 3 is 1.89 bits per heavy atom. The Kier molecular flexibility index (Phi) is 21.5. The summed E-state index contributed by atoms with van der Waals surface area (Å²) in [4.78, 5) is 4.28. The van der Waals surface area contributed by atoms with Gasteiger partial charge in [-0.25, -0.2) is 4.98 Å². The molecular formula is C16H30N2. The highest BCUT2D eigenvalue weighted by atomic mass is 15.0. The van der Waals surface area contributed by atoms with Gasteiger partial charge < -0.3 is 5.32 Å². The zero-order valence-corrected chi connectivity index (χ0v) is 13.2. The van der Waals surface area contributed by atoms with E-state index in [-0.39, 0.29) is 0 Å². The third-order valence-electron chi connectivity index (χ3n) is 1.52. The fourth-order valence-corrected chi connectivity index (χ4v) is 0.944.